The number of anilines is 1. The Kier molecular flexibility index (Phi) is 6.63. The van der Waals surface area contributed by atoms with Crippen molar-refractivity contribution in [2.45, 2.75) is 68.7 Å². The van der Waals surface area contributed by atoms with Crippen molar-refractivity contribution in [2.75, 3.05) is 11.4 Å². The van der Waals surface area contributed by atoms with E-state index in [9.17, 15) is 26.4 Å². The van der Waals surface area contributed by atoms with Gasteiger partial charge in [-0.2, -0.15) is 13.2 Å². The van der Waals surface area contributed by atoms with Crippen LogP contribution < -0.4 is 4.90 Å². The highest BCUT2D eigenvalue weighted by Crippen LogP contribution is 2.41. The van der Waals surface area contributed by atoms with E-state index < -0.39 is 37.1 Å². The Balaban J connectivity index is 0.00000306. The molecule has 1 aromatic heterocycles. The molecule has 0 spiro atoms. The van der Waals surface area contributed by atoms with Gasteiger partial charge in [0.2, 0.25) is 5.91 Å². The van der Waals surface area contributed by atoms with E-state index in [1.165, 1.54) is 19.9 Å². The van der Waals surface area contributed by atoms with Gasteiger partial charge in [0.05, 0.1) is 33.3 Å². The fourth-order valence-corrected chi connectivity index (χ4v) is 5.87. The van der Waals surface area contributed by atoms with Crippen LogP contribution in [0.3, 0.4) is 0 Å². The first-order chi connectivity index (χ1) is 14.9. The standard InChI is InChI=1S/C22H24F3N3O3S.CH4/c1-21(2,32(30,31)18-5-3-4-16(10-18)22(23,24)25)15-8-9-28(19(29)11-15)17-12-26-20(27-13-17)14-6-7-14;/h3-5,10,12-15H,6-9,11H2,1-2H3;1H4/t15-;/m0./s1. The second-order valence-corrected chi connectivity index (χ2v) is 11.5. The summed E-state index contributed by atoms with van der Waals surface area (Å²) in [5, 5.41) is 0. The monoisotopic (exact) mass is 483 g/mol. The number of hydrogen-bond donors (Lipinski definition) is 0. The molecule has 33 heavy (non-hydrogen) atoms. The summed E-state index contributed by atoms with van der Waals surface area (Å²) in [4.78, 5) is 22.7. The largest absolute Gasteiger partial charge is 0.416 e. The van der Waals surface area contributed by atoms with E-state index in [-0.39, 0.29) is 26.3 Å². The smallest absolute Gasteiger partial charge is 0.310 e. The van der Waals surface area contributed by atoms with Gasteiger partial charge in [0.15, 0.2) is 9.84 Å². The third-order valence-electron chi connectivity index (χ3n) is 6.48. The van der Waals surface area contributed by atoms with Crippen LogP contribution in [0.5, 0.6) is 0 Å². The molecule has 2 aromatic rings. The molecule has 180 valence electrons. The van der Waals surface area contributed by atoms with Gasteiger partial charge < -0.3 is 4.90 Å². The van der Waals surface area contributed by atoms with Crippen LogP contribution in [-0.2, 0) is 20.8 Å². The average Bonchev–Trinajstić information content (AvgIpc) is 3.58. The van der Waals surface area contributed by atoms with Crippen molar-refractivity contribution in [3.05, 3.63) is 48.0 Å². The number of alkyl halides is 3. The van der Waals surface area contributed by atoms with Crippen molar-refractivity contribution in [3.63, 3.8) is 0 Å². The van der Waals surface area contributed by atoms with E-state index in [2.05, 4.69) is 9.97 Å². The second kappa shape index (κ2) is 8.70. The molecular weight excluding hydrogens is 455 g/mol. The molecule has 1 aromatic carbocycles. The Morgan fingerprint density at radius 3 is 2.24 bits per heavy atom. The van der Waals surface area contributed by atoms with Crippen molar-refractivity contribution in [1.82, 2.24) is 9.97 Å². The van der Waals surface area contributed by atoms with E-state index in [1.807, 2.05) is 0 Å². The molecule has 1 atom stereocenters. The number of carbonyl (C=O) groups is 1. The van der Waals surface area contributed by atoms with Crippen LogP contribution in [0.1, 0.15) is 64.3 Å². The van der Waals surface area contributed by atoms with Crippen LogP contribution in [0.15, 0.2) is 41.6 Å². The number of nitrogens with zero attached hydrogens (tertiary/aromatic N) is 3. The molecule has 1 amide bonds. The molecule has 0 N–H and O–H groups in total. The lowest BCUT2D eigenvalue weighted by Gasteiger charge is -2.39. The Morgan fingerprint density at radius 1 is 1.06 bits per heavy atom. The average molecular weight is 484 g/mol. The van der Waals surface area contributed by atoms with Crippen LogP contribution in [0, 0.1) is 5.92 Å². The zero-order valence-electron chi connectivity index (χ0n) is 17.8. The van der Waals surface area contributed by atoms with Gasteiger partial charge in [-0.25, -0.2) is 18.4 Å². The molecule has 0 unspecified atom stereocenters. The first kappa shape index (κ1) is 25.1. The van der Waals surface area contributed by atoms with Crippen LogP contribution in [0.4, 0.5) is 18.9 Å². The van der Waals surface area contributed by atoms with Gasteiger partial charge in [-0.05, 0) is 57.2 Å². The minimum Gasteiger partial charge on any atom is -0.310 e. The van der Waals surface area contributed by atoms with Gasteiger partial charge in [-0.1, -0.05) is 13.5 Å². The summed E-state index contributed by atoms with van der Waals surface area (Å²) in [6.07, 6.45) is 1.08. The maximum absolute atomic E-state index is 13.3. The molecule has 1 aliphatic carbocycles. The van der Waals surface area contributed by atoms with Crippen molar-refractivity contribution in [2.24, 2.45) is 5.92 Å². The minimum atomic E-state index is -4.64. The molecule has 4 rings (SSSR count). The van der Waals surface area contributed by atoms with Crippen LogP contribution in [0.2, 0.25) is 0 Å². The van der Waals surface area contributed by atoms with E-state index in [0.29, 0.717) is 24.1 Å². The number of benzene rings is 1. The molecule has 0 radical (unpaired) electrons. The van der Waals surface area contributed by atoms with E-state index in [0.717, 1.165) is 30.8 Å². The number of halogens is 3. The number of sulfone groups is 1. The maximum atomic E-state index is 13.3. The van der Waals surface area contributed by atoms with Gasteiger partial charge in [0.25, 0.3) is 0 Å². The lowest BCUT2D eigenvalue weighted by molar-refractivity contribution is -0.137. The summed E-state index contributed by atoms with van der Waals surface area (Å²) in [6, 6.07) is 3.75. The molecule has 1 aliphatic heterocycles. The lowest BCUT2D eigenvalue weighted by atomic mass is 9.85. The van der Waals surface area contributed by atoms with Crippen LogP contribution in [0.25, 0.3) is 0 Å². The SMILES string of the molecule is C.CC(C)([C@H]1CCN(c2cnc(C3CC3)nc2)C(=O)C1)S(=O)(=O)c1cccc(C(F)(F)F)c1. The Labute approximate surface area is 192 Å². The van der Waals surface area contributed by atoms with E-state index >= 15 is 0 Å². The highest BCUT2D eigenvalue weighted by atomic mass is 32.2. The van der Waals surface area contributed by atoms with Gasteiger partial charge in [0.1, 0.15) is 5.82 Å². The van der Waals surface area contributed by atoms with Gasteiger partial charge in [-0.3, -0.25) is 4.79 Å². The van der Waals surface area contributed by atoms with Crippen molar-refractivity contribution in [1.29, 1.82) is 0 Å². The van der Waals surface area contributed by atoms with Crippen molar-refractivity contribution < 1.29 is 26.4 Å². The first-order valence-corrected chi connectivity index (χ1v) is 11.9. The number of amides is 1. The fourth-order valence-electron chi connectivity index (χ4n) is 4.08. The summed E-state index contributed by atoms with van der Waals surface area (Å²) >= 11 is 0. The molecule has 1 saturated heterocycles. The molecule has 6 nitrogen and oxygen atoms in total. The Hall–Kier alpha value is -2.49. The minimum absolute atomic E-state index is 0. The molecule has 2 fully saturated rings. The number of carbonyl (C=O) groups excluding carboxylic acids is 1. The van der Waals surface area contributed by atoms with Crippen LogP contribution >= 0.6 is 0 Å². The summed E-state index contributed by atoms with van der Waals surface area (Å²) < 4.78 is 64.4. The second-order valence-electron chi connectivity index (χ2n) is 8.94. The van der Waals surface area contributed by atoms with E-state index in [1.54, 1.807) is 17.3 Å². The Morgan fingerprint density at radius 2 is 1.70 bits per heavy atom. The summed E-state index contributed by atoms with van der Waals surface area (Å²) in [7, 11) is -4.13. The highest BCUT2D eigenvalue weighted by Gasteiger charge is 2.46. The normalized spacial score (nSPS) is 19.8. The topological polar surface area (TPSA) is 80.2 Å². The number of hydrogen-bond acceptors (Lipinski definition) is 5. The summed E-state index contributed by atoms with van der Waals surface area (Å²) in [6.45, 7) is 3.24. The third-order valence-corrected chi connectivity index (χ3v) is 9.08. The van der Waals surface area contributed by atoms with Gasteiger partial charge >= 0.3 is 6.18 Å². The molecule has 2 aliphatic rings. The van der Waals surface area contributed by atoms with Crippen molar-refractivity contribution in [3.8, 4) is 0 Å². The number of rotatable bonds is 5. The number of aromatic nitrogens is 2. The maximum Gasteiger partial charge on any atom is 0.416 e. The predicted octanol–water partition coefficient (Wildman–Crippen LogP) is 5.00. The quantitative estimate of drug-likeness (QED) is 0.598. The third kappa shape index (κ3) is 4.76. The summed E-state index contributed by atoms with van der Waals surface area (Å²) in [5.41, 5.74) is -0.452. The zero-order chi connectivity index (χ0) is 23.3. The highest BCUT2D eigenvalue weighted by molar-refractivity contribution is 7.92. The van der Waals surface area contributed by atoms with Gasteiger partial charge in [0, 0.05) is 18.9 Å². The molecule has 10 heteroatoms. The van der Waals surface area contributed by atoms with Crippen LogP contribution in [-0.4, -0.2) is 35.6 Å². The van der Waals surface area contributed by atoms with E-state index in [4.69, 9.17) is 0 Å². The molecule has 2 heterocycles. The first-order valence-electron chi connectivity index (χ1n) is 10.5. The predicted molar refractivity (Wildman–Crippen MR) is 119 cm³/mol. The Bertz CT molecular complexity index is 1130. The molecule has 1 saturated carbocycles. The fraction of sp³-hybridized carbons (Fsp3) is 0.522. The lowest BCUT2D eigenvalue weighted by Crippen LogP contribution is -2.48. The number of piperidine rings is 1. The zero-order valence-corrected chi connectivity index (χ0v) is 18.6. The molecular formula is C23H28F3N3O3S. The summed E-state index contributed by atoms with van der Waals surface area (Å²) in [5.74, 6) is 0.366. The van der Waals surface area contributed by atoms with Gasteiger partial charge in [-0.15, -0.1) is 0 Å². The van der Waals surface area contributed by atoms with Crippen molar-refractivity contribution >= 4 is 21.4 Å². The molecule has 0 bridgehead atoms.